The minimum absolute atomic E-state index is 0.207. The van der Waals surface area contributed by atoms with E-state index in [4.69, 9.17) is 0 Å². The first-order valence-corrected chi connectivity index (χ1v) is 12.5. The molecule has 0 aromatic heterocycles. The van der Waals surface area contributed by atoms with Crippen LogP contribution in [0.5, 0.6) is 0 Å². The quantitative estimate of drug-likeness (QED) is 0.478. The van der Waals surface area contributed by atoms with Gasteiger partial charge in [0.15, 0.2) is 5.60 Å². The fourth-order valence-corrected chi connectivity index (χ4v) is 8.07. The predicted octanol–water partition coefficient (Wildman–Crippen LogP) is 6.66. The maximum Gasteiger partial charge on any atom is 0.416 e. The lowest BCUT2D eigenvalue weighted by molar-refractivity contribution is -0.256. The lowest BCUT2D eigenvalue weighted by Crippen LogP contribution is -2.49. The van der Waals surface area contributed by atoms with Crippen LogP contribution in [0, 0.1) is 40.9 Å². The van der Waals surface area contributed by atoms with Crippen molar-refractivity contribution in [1.82, 2.24) is 0 Å². The Hall–Kier alpha value is -0.550. The lowest BCUT2D eigenvalue weighted by atomic mass is 9.49. The number of aliphatic hydroxyl groups is 2. The van der Waals surface area contributed by atoms with Gasteiger partial charge in [0.05, 0.1) is 5.60 Å². The first kappa shape index (κ1) is 23.6. The third kappa shape index (κ3) is 4.11. The summed E-state index contributed by atoms with van der Waals surface area (Å²) in [4.78, 5) is 0. The summed E-state index contributed by atoms with van der Waals surface area (Å²) in [5, 5.41) is 20.5. The van der Waals surface area contributed by atoms with Crippen LogP contribution in [0.1, 0.15) is 91.9 Å². The van der Waals surface area contributed by atoms with Crippen molar-refractivity contribution in [2.24, 2.45) is 40.9 Å². The third-order valence-electron chi connectivity index (χ3n) is 10.2. The van der Waals surface area contributed by atoms with Crippen LogP contribution in [0.25, 0.3) is 0 Å². The van der Waals surface area contributed by atoms with E-state index in [1.165, 1.54) is 24.8 Å². The summed E-state index contributed by atoms with van der Waals surface area (Å²) >= 11 is 0. The molecule has 5 heteroatoms. The minimum Gasteiger partial charge on any atom is -0.390 e. The summed E-state index contributed by atoms with van der Waals surface area (Å²) in [6.45, 7) is 7.42. The number of hydrogen-bond donors (Lipinski definition) is 2. The summed E-state index contributed by atoms with van der Waals surface area (Å²) in [7, 11) is 0. The Balaban J connectivity index is 1.44. The molecule has 2 nitrogen and oxygen atoms in total. The van der Waals surface area contributed by atoms with Crippen molar-refractivity contribution in [2.45, 2.75) is 109 Å². The highest BCUT2D eigenvalue weighted by atomic mass is 19.4. The molecule has 178 valence electrons. The number of allylic oxidation sites excluding steroid dienone is 1. The Morgan fingerprint density at radius 3 is 2.42 bits per heavy atom. The predicted molar refractivity (Wildman–Crippen MR) is 116 cm³/mol. The van der Waals surface area contributed by atoms with Crippen molar-refractivity contribution in [3.8, 4) is 0 Å². The molecule has 0 radical (unpaired) electrons. The van der Waals surface area contributed by atoms with Crippen molar-refractivity contribution in [1.29, 1.82) is 0 Å². The largest absolute Gasteiger partial charge is 0.416 e. The minimum atomic E-state index is -4.56. The SMILES string of the molecule is C[C@H](CC[C@](C)(O)C(F)(F)F)[C@H]1CC[C@@H]2[C@@H]1CC[C@H]1[C@H]2CC=C2C[C@@](C)(O)CC[C@@]21C. The van der Waals surface area contributed by atoms with E-state index < -0.39 is 17.4 Å². The third-order valence-corrected chi connectivity index (χ3v) is 10.2. The molecule has 4 aliphatic rings. The summed E-state index contributed by atoms with van der Waals surface area (Å²) in [5.41, 5.74) is -1.47. The molecule has 0 amide bonds. The Bertz CT molecular complexity index is 710. The van der Waals surface area contributed by atoms with E-state index in [2.05, 4.69) is 19.9 Å². The zero-order chi connectivity index (χ0) is 22.8. The van der Waals surface area contributed by atoms with Crippen LogP contribution < -0.4 is 0 Å². The number of rotatable bonds is 4. The van der Waals surface area contributed by atoms with Crippen LogP contribution >= 0.6 is 0 Å². The topological polar surface area (TPSA) is 40.5 Å². The first-order valence-electron chi connectivity index (χ1n) is 12.5. The summed E-state index contributed by atoms with van der Waals surface area (Å²) in [6, 6.07) is 0. The molecule has 4 rings (SSSR count). The molecule has 0 aliphatic heterocycles. The van der Waals surface area contributed by atoms with Crippen LogP contribution in [0.4, 0.5) is 13.2 Å². The molecule has 9 atom stereocenters. The lowest BCUT2D eigenvalue weighted by Gasteiger charge is -2.56. The molecule has 0 aromatic rings. The van der Waals surface area contributed by atoms with E-state index in [-0.39, 0.29) is 17.8 Å². The molecular weight excluding hydrogens is 401 g/mol. The van der Waals surface area contributed by atoms with Gasteiger partial charge >= 0.3 is 6.18 Å². The van der Waals surface area contributed by atoms with Gasteiger partial charge in [-0.2, -0.15) is 13.2 Å². The van der Waals surface area contributed by atoms with Gasteiger partial charge in [0.2, 0.25) is 0 Å². The maximum absolute atomic E-state index is 13.1. The molecule has 0 heterocycles. The Morgan fingerprint density at radius 2 is 1.74 bits per heavy atom. The Labute approximate surface area is 185 Å². The molecule has 2 N–H and O–H groups in total. The summed E-state index contributed by atoms with van der Waals surface area (Å²) < 4.78 is 39.2. The number of hydrogen-bond acceptors (Lipinski definition) is 2. The second-order valence-corrected chi connectivity index (χ2v) is 12.3. The van der Waals surface area contributed by atoms with Crippen molar-refractivity contribution in [3.63, 3.8) is 0 Å². The van der Waals surface area contributed by atoms with Crippen molar-refractivity contribution >= 4 is 0 Å². The highest BCUT2D eigenvalue weighted by molar-refractivity contribution is 5.26. The molecule has 0 bridgehead atoms. The summed E-state index contributed by atoms with van der Waals surface area (Å²) in [5.74, 6) is 3.38. The van der Waals surface area contributed by atoms with Crippen LogP contribution in [0.3, 0.4) is 0 Å². The van der Waals surface area contributed by atoms with Crippen LogP contribution in [-0.4, -0.2) is 27.6 Å². The number of fused-ring (bicyclic) bond motifs is 5. The van der Waals surface area contributed by atoms with Gasteiger partial charge in [-0.1, -0.05) is 25.5 Å². The van der Waals surface area contributed by atoms with Gasteiger partial charge < -0.3 is 10.2 Å². The van der Waals surface area contributed by atoms with E-state index in [0.29, 0.717) is 36.0 Å². The van der Waals surface area contributed by atoms with E-state index in [9.17, 15) is 23.4 Å². The van der Waals surface area contributed by atoms with E-state index >= 15 is 0 Å². The molecule has 0 saturated heterocycles. The van der Waals surface area contributed by atoms with Crippen LogP contribution in [0.2, 0.25) is 0 Å². The second kappa shape index (κ2) is 7.75. The van der Waals surface area contributed by atoms with Gasteiger partial charge in [0, 0.05) is 0 Å². The van der Waals surface area contributed by atoms with Gasteiger partial charge in [-0.3, -0.25) is 0 Å². The van der Waals surface area contributed by atoms with Gasteiger partial charge in [0.1, 0.15) is 0 Å². The average Bonchev–Trinajstić information content (AvgIpc) is 3.10. The van der Waals surface area contributed by atoms with E-state index in [1.54, 1.807) is 0 Å². The van der Waals surface area contributed by atoms with E-state index in [0.717, 1.165) is 39.0 Å². The van der Waals surface area contributed by atoms with Crippen molar-refractivity contribution in [2.75, 3.05) is 0 Å². The monoisotopic (exact) mass is 442 g/mol. The molecule has 3 fully saturated rings. The van der Waals surface area contributed by atoms with Crippen molar-refractivity contribution < 1.29 is 23.4 Å². The molecule has 3 saturated carbocycles. The summed E-state index contributed by atoms with van der Waals surface area (Å²) in [6.07, 6.45) is 6.69. The van der Waals surface area contributed by atoms with Gasteiger partial charge in [-0.25, -0.2) is 0 Å². The molecular formula is C26H41F3O2. The standard InChI is InChI=1S/C26H41F3O2/c1-16(11-12-25(4,31)26(27,28)29)18-7-8-20-19(18)9-10-22-21(20)6-5-17-15-23(2,30)13-14-24(17,22)3/h5,16,18-22,30-31H,6-15H2,1-4H3/t16-,18-,19-,20-,21+,22+,23+,24+,25+/m1/s1. The number of alkyl halides is 3. The van der Waals surface area contributed by atoms with E-state index in [1.807, 2.05) is 6.92 Å². The number of halogens is 3. The molecule has 0 unspecified atom stereocenters. The van der Waals surface area contributed by atoms with Crippen LogP contribution in [-0.2, 0) is 0 Å². The molecule has 0 spiro atoms. The van der Waals surface area contributed by atoms with Gasteiger partial charge in [-0.15, -0.1) is 0 Å². The smallest absolute Gasteiger partial charge is 0.390 e. The zero-order valence-corrected chi connectivity index (χ0v) is 19.6. The maximum atomic E-state index is 13.1. The molecule has 4 aliphatic carbocycles. The van der Waals surface area contributed by atoms with Crippen molar-refractivity contribution in [3.05, 3.63) is 11.6 Å². The molecule has 31 heavy (non-hydrogen) atoms. The van der Waals surface area contributed by atoms with Crippen LogP contribution in [0.15, 0.2) is 11.6 Å². The highest BCUT2D eigenvalue weighted by Gasteiger charge is 2.56. The first-order chi connectivity index (χ1) is 14.3. The fraction of sp³-hybridized carbons (Fsp3) is 0.923. The highest BCUT2D eigenvalue weighted by Crippen LogP contribution is 2.63. The molecule has 0 aromatic carbocycles. The van der Waals surface area contributed by atoms with Gasteiger partial charge in [-0.05, 0) is 119 Å². The normalized spacial score (nSPS) is 45.7. The second-order valence-electron chi connectivity index (χ2n) is 12.3. The zero-order valence-electron chi connectivity index (χ0n) is 19.6. The Morgan fingerprint density at radius 1 is 1.06 bits per heavy atom. The Kier molecular flexibility index (Phi) is 5.90. The fourth-order valence-electron chi connectivity index (χ4n) is 8.07. The van der Waals surface area contributed by atoms with Gasteiger partial charge in [0.25, 0.3) is 0 Å². The average molecular weight is 443 g/mol.